The summed E-state index contributed by atoms with van der Waals surface area (Å²) in [6.07, 6.45) is 6.33. The lowest BCUT2D eigenvalue weighted by molar-refractivity contribution is -0.00556. The highest BCUT2D eigenvalue weighted by molar-refractivity contribution is 4.81. The predicted octanol–water partition coefficient (Wildman–Crippen LogP) is 1.39. The second-order valence-corrected chi connectivity index (χ2v) is 4.98. The van der Waals surface area contributed by atoms with Gasteiger partial charge in [0.25, 0.3) is 0 Å². The van der Waals surface area contributed by atoms with Gasteiger partial charge in [-0.3, -0.25) is 0 Å². The van der Waals surface area contributed by atoms with E-state index >= 15 is 0 Å². The zero-order valence-corrected chi connectivity index (χ0v) is 9.91. The monoisotopic (exact) mass is 215 g/mol. The summed E-state index contributed by atoms with van der Waals surface area (Å²) in [6, 6.07) is 0. The van der Waals surface area contributed by atoms with Crippen molar-refractivity contribution in [3.05, 3.63) is 0 Å². The van der Waals surface area contributed by atoms with Crippen LogP contribution in [-0.4, -0.2) is 47.0 Å². The zero-order chi connectivity index (χ0) is 11.1. The third-order valence-electron chi connectivity index (χ3n) is 3.32. The van der Waals surface area contributed by atoms with Crippen LogP contribution in [0.5, 0.6) is 0 Å². The number of aliphatic hydroxyl groups is 2. The Kier molecular flexibility index (Phi) is 5.58. The van der Waals surface area contributed by atoms with Crippen LogP contribution in [0, 0.1) is 0 Å². The van der Waals surface area contributed by atoms with E-state index < -0.39 is 5.60 Å². The van der Waals surface area contributed by atoms with Crippen molar-refractivity contribution in [3.63, 3.8) is 0 Å². The molecule has 0 radical (unpaired) electrons. The van der Waals surface area contributed by atoms with E-state index in [2.05, 4.69) is 4.90 Å². The molecule has 1 aliphatic rings. The third-order valence-corrected chi connectivity index (χ3v) is 3.32. The molecular formula is C12H25NO2. The topological polar surface area (TPSA) is 43.7 Å². The molecule has 0 atom stereocenters. The highest BCUT2D eigenvalue weighted by atomic mass is 16.3. The van der Waals surface area contributed by atoms with Gasteiger partial charge >= 0.3 is 0 Å². The number of nitrogens with zero attached hydrogens (tertiary/aromatic N) is 1. The first-order chi connectivity index (χ1) is 7.14. The van der Waals surface area contributed by atoms with Crippen LogP contribution >= 0.6 is 0 Å². The van der Waals surface area contributed by atoms with Crippen molar-refractivity contribution in [1.29, 1.82) is 0 Å². The lowest BCUT2D eigenvalue weighted by Gasteiger charge is -2.35. The van der Waals surface area contributed by atoms with Crippen LogP contribution < -0.4 is 0 Å². The number of hydrogen-bond acceptors (Lipinski definition) is 3. The fourth-order valence-corrected chi connectivity index (χ4v) is 2.06. The van der Waals surface area contributed by atoms with Gasteiger partial charge in [-0.1, -0.05) is 12.8 Å². The van der Waals surface area contributed by atoms with Crippen molar-refractivity contribution in [3.8, 4) is 0 Å². The lowest BCUT2D eigenvalue weighted by atomic mass is 9.94. The van der Waals surface area contributed by atoms with Crippen LogP contribution in [0.25, 0.3) is 0 Å². The van der Waals surface area contributed by atoms with Crippen LogP contribution in [0.2, 0.25) is 0 Å². The van der Waals surface area contributed by atoms with Crippen LogP contribution in [0.3, 0.4) is 0 Å². The molecule has 1 fully saturated rings. The summed E-state index contributed by atoms with van der Waals surface area (Å²) < 4.78 is 0. The molecule has 15 heavy (non-hydrogen) atoms. The molecule has 0 unspecified atom stereocenters. The van der Waals surface area contributed by atoms with Gasteiger partial charge < -0.3 is 15.1 Å². The molecule has 0 spiro atoms. The Morgan fingerprint density at radius 2 is 1.67 bits per heavy atom. The number of likely N-dealkylation sites (tertiary alicyclic amines) is 1. The van der Waals surface area contributed by atoms with Crippen LogP contribution in [0.15, 0.2) is 0 Å². The number of rotatable bonds is 6. The lowest BCUT2D eigenvalue weighted by Crippen LogP contribution is -2.42. The molecule has 1 aliphatic heterocycles. The first-order valence-corrected chi connectivity index (χ1v) is 6.20. The summed E-state index contributed by atoms with van der Waals surface area (Å²) in [4.78, 5) is 2.44. The van der Waals surface area contributed by atoms with Crippen molar-refractivity contribution < 1.29 is 10.2 Å². The van der Waals surface area contributed by atoms with Crippen molar-refractivity contribution in [2.75, 3.05) is 26.2 Å². The number of aliphatic hydroxyl groups excluding tert-OH is 1. The number of piperidine rings is 1. The molecule has 0 aromatic carbocycles. The summed E-state index contributed by atoms with van der Waals surface area (Å²) in [5.74, 6) is 0. The van der Waals surface area contributed by atoms with Gasteiger partial charge in [0.15, 0.2) is 0 Å². The Morgan fingerprint density at radius 1 is 1.07 bits per heavy atom. The molecule has 90 valence electrons. The second kappa shape index (κ2) is 6.46. The minimum atomic E-state index is -0.423. The summed E-state index contributed by atoms with van der Waals surface area (Å²) in [5, 5.41) is 18.4. The second-order valence-electron chi connectivity index (χ2n) is 4.98. The molecule has 0 aromatic rings. The number of hydrogen-bond donors (Lipinski definition) is 2. The fraction of sp³-hybridized carbons (Fsp3) is 1.00. The van der Waals surface area contributed by atoms with Crippen LogP contribution in [0.4, 0.5) is 0 Å². The van der Waals surface area contributed by atoms with Gasteiger partial charge in [-0.05, 0) is 39.2 Å². The molecule has 1 saturated heterocycles. The predicted molar refractivity (Wildman–Crippen MR) is 61.9 cm³/mol. The van der Waals surface area contributed by atoms with E-state index in [1.54, 1.807) is 0 Å². The van der Waals surface area contributed by atoms with E-state index in [0.29, 0.717) is 6.61 Å². The molecule has 2 N–H and O–H groups in total. The van der Waals surface area contributed by atoms with E-state index in [-0.39, 0.29) is 0 Å². The van der Waals surface area contributed by atoms with Gasteiger partial charge in [0.1, 0.15) is 0 Å². The van der Waals surface area contributed by atoms with Crippen molar-refractivity contribution in [1.82, 2.24) is 4.90 Å². The highest BCUT2D eigenvalue weighted by Gasteiger charge is 2.26. The van der Waals surface area contributed by atoms with E-state index in [4.69, 9.17) is 5.11 Å². The van der Waals surface area contributed by atoms with E-state index in [1.807, 2.05) is 6.92 Å². The summed E-state index contributed by atoms with van der Waals surface area (Å²) in [5.41, 5.74) is -0.423. The summed E-state index contributed by atoms with van der Waals surface area (Å²) in [7, 11) is 0. The normalized spacial score (nSPS) is 21.8. The largest absolute Gasteiger partial charge is 0.396 e. The van der Waals surface area contributed by atoms with Gasteiger partial charge in [0.05, 0.1) is 5.60 Å². The summed E-state index contributed by atoms with van der Waals surface area (Å²) in [6.45, 7) is 5.49. The SMILES string of the molecule is CC1(O)CCN(CCCCCCO)CC1. The minimum absolute atomic E-state index is 0.326. The molecule has 0 aromatic heterocycles. The smallest absolute Gasteiger partial charge is 0.0644 e. The van der Waals surface area contributed by atoms with Gasteiger partial charge in [-0.2, -0.15) is 0 Å². The molecular weight excluding hydrogens is 190 g/mol. The molecule has 1 heterocycles. The standard InChI is InChI=1S/C12H25NO2/c1-12(15)6-9-13(10-7-12)8-4-2-3-5-11-14/h14-15H,2-11H2,1H3. The van der Waals surface area contributed by atoms with Crippen molar-refractivity contribution in [2.45, 2.75) is 51.0 Å². The third kappa shape index (κ3) is 5.50. The van der Waals surface area contributed by atoms with Crippen LogP contribution in [0.1, 0.15) is 45.4 Å². The molecule has 0 saturated carbocycles. The van der Waals surface area contributed by atoms with E-state index in [9.17, 15) is 5.11 Å². The maximum atomic E-state index is 9.78. The Balaban J connectivity index is 1.99. The Labute approximate surface area is 93.1 Å². The molecule has 3 nitrogen and oxygen atoms in total. The molecule has 0 aliphatic carbocycles. The highest BCUT2D eigenvalue weighted by Crippen LogP contribution is 2.21. The molecule has 3 heteroatoms. The van der Waals surface area contributed by atoms with E-state index in [0.717, 1.165) is 45.3 Å². The average molecular weight is 215 g/mol. The number of unbranched alkanes of at least 4 members (excludes halogenated alkanes) is 3. The Morgan fingerprint density at radius 3 is 2.27 bits per heavy atom. The first-order valence-electron chi connectivity index (χ1n) is 6.20. The van der Waals surface area contributed by atoms with E-state index in [1.165, 1.54) is 12.8 Å². The molecule has 0 bridgehead atoms. The maximum absolute atomic E-state index is 9.78. The van der Waals surface area contributed by atoms with Crippen LogP contribution in [-0.2, 0) is 0 Å². The first kappa shape index (κ1) is 12.9. The Hall–Kier alpha value is -0.120. The minimum Gasteiger partial charge on any atom is -0.396 e. The van der Waals surface area contributed by atoms with Gasteiger partial charge in [0.2, 0.25) is 0 Å². The molecule has 0 amide bonds. The van der Waals surface area contributed by atoms with Gasteiger partial charge in [0, 0.05) is 19.7 Å². The van der Waals surface area contributed by atoms with Gasteiger partial charge in [-0.15, -0.1) is 0 Å². The van der Waals surface area contributed by atoms with Crippen molar-refractivity contribution >= 4 is 0 Å². The quantitative estimate of drug-likeness (QED) is 0.658. The fourth-order valence-electron chi connectivity index (χ4n) is 2.06. The summed E-state index contributed by atoms with van der Waals surface area (Å²) >= 11 is 0. The maximum Gasteiger partial charge on any atom is 0.0644 e. The average Bonchev–Trinajstić information content (AvgIpc) is 2.20. The molecule has 1 rings (SSSR count). The Bertz CT molecular complexity index is 161. The zero-order valence-electron chi connectivity index (χ0n) is 9.91. The van der Waals surface area contributed by atoms with Gasteiger partial charge in [-0.25, -0.2) is 0 Å². The van der Waals surface area contributed by atoms with Crippen molar-refractivity contribution in [2.24, 2.45) is 0 Å².